The lowest BCUT2D eigenvalue weighted by Gasteiger charge is -2.33. The van der Waals surface area contributed by atoms with Gasteiger partial charge in [0.05, 0.1) is 6.10 Å². The highest BCUT2D eigenvalue weighted by atomic mass is 32.2. The molecule has 1 spiro atoms. The summed E-state index contributed by atoms with van der Waals surface area (Å²) in [7, 11) is 0. The van der Waals surface area contributed by atoms with Gasteiger partial charge in [0.2, 0.25) is 0 Å². The zero-order valence-electron chi connectivity index (χ0n) is 11.7. The predicted molar refractivity (Wildman–Crippen MR) is 85.0 cm³/mol. The molecule has 102 valence electrons. The maximum atomic E-state index is 6.30. The van der Waals surface area contributed by atoms with E-state index in [0.717, 1.165) is 5.04 Å². The van der Waals surface area contributed by atoms with Crippen molar-refractivity contribution in [3.05, 3.63) is 35.9 Å². The summed E-state index contributed by atoms with van der Waals surface area (Å²) < 4.78 is 6.03. The molecule has 0 unspecified atom stereocenters. The summed E-state index contributed by atoms with van der Waals surface area (Å²) in [6.07, 6.45) is 0.280. The monoisotopic (exact) mass is 293 g/mol. The molecule has 3 atom stereocenters. The van der Waals surface area contributed by atoms with Crippen molar-refractivity contribution in [1.29, 1.82) is 0 Å². The van der Waals surface area contributed by atoms with Gasteiger partial charge < -0.3 is 4.74 Å². The Balaban J connectivity index is 1.94. The van der Waals surface area contributed by atoms with E-state index in [4.69, 9.17) is 9.73 Å². The van der Waals surface area contributed by atoms with Crippen LogP contribution in [0.2, 0.25) is 0 Å². The summed E-state index contributed by atoms with van der Waals surface area (Å²) in [6, 6.07) is 10.4. The summed E-state index contributed by atoms with van der Waals surface area (Å²) in [5, 5.41) is 1.61. The quantitative estimate of drug-likeness (QED) is 0.776. The Bertz CT molecular complexity index is 502. The lowest BCUT2D eigenvalue weighted by atomic mass is 10.1. The third kappa shape index (κ3) is 2.14. The lowest BCUT2D eigenvalue weighted by Crippen LogP contribution is -2.40. The first-order valence-corrected chi connectivity index (χ1v) is 8.33. The second-order valence-corrected chi connectivity index (χ2v) is 8.62. The molecule has 1 aromatic carbocycles. The van der Waals surface area contributed by atoms with Crippen LogP contribution >= 0.6 is 23.5 Å². The van der Waals surface area contributed by atoms with E-state index in [0.29, 0.717) is 5.25 Å². The molecule has 0 amide bonds. The number of benzene rings is 1. The van der Waals surface area contributed by atoms with Gasteiger partial charge in [-0.05, 0) is 20.8 Å². The van der Waals surface area contributed by atoms with Gasteiger partial charge in [-0.1, -0.05) is 49.0 Å². The zero-order chi connectivity index (χ0) is 13.7. The Hall–Kier alpha value is -0.450. The fourth-order valence-corrected chi connectivity index (χ4v) is 5.79. The van der Waals surface area contributed by atoms with Crippen LogP contribution in [0.25, 0.3) is 0 Å². The maximum Gasteiger partial charge on any atom is 0.191 e. The molecule has 1 saturated heterocycles. The molecule has 0 saturated carbocycles. The van der Waals surface area contributed by atoms with Crippen LogP contribution in [-0.4, -0.2) is 26.2 Å². The van der Waals surface area contributed by atoms with Crippen LogP contribution in [0.15, 0.2) is 35.3 Å². The summed E-state index contributed by atoms with van der Waals surface area (Å²) in [4.78, 5) is 4.93. The Morgan fingerprint density at radius 2 is 1.84 bits per heavy atom. The first-order chi connectivity index (χ1) is 8.94. The third-order valence-electron chi connectivity index (χ3n) is 3.73. The van der Waals surface area contributed by atoms with Gasteiger partial charge in [0.25, 0.3) is 0 Å². The van der Waals surface area contributed by atoms with Crippen LogP contribution in [-0.2, 0) is 4.74 Å². The molecule has 2 nitrogen and oxygen atoms in total. The molecule has 0 aliphatic carbocycles. The minimum absolute atomic E-state index is 0.202. The number of nitrogens with zero attached hydrogens (tertiary/aromatic N) is 1. The molecule has 2 aliphatic heterocycles. The number of thioether (sulfide) groups is 2. The first-order valence-electron chi connectivity index (χ1n) is 6.63. The minimum Gasteiger partial charge on any atom is -0.348 e. The zero-order valence-corrected chi connectivity index (χ0v) is 13.3. The smallest absolute Gasteiger partial charge is 0.191 e. The Labute approximate surface area is 123 Å². The first kappa shape index (κ1) is 13.5. The molecular formula is C15H19NOS2. The second-order valence-electron chi connectivity index (χ2n) is 5.65. The number of rotatable bonds is 1. The van der Waals surface area contributed by atoms with Gasteiger partial charge in [-0.15, -0.1) is 11.8 Å². The molecule has 2 heterocycles. The highest BCUT2D eigenvalue weighted by Gasteiger charge is 2.59. The topological polar surface area (TPSA) is 21.6 Å². The molecule has 4 heteroatoms. The molecule has 0 N–H and O–H groups in total. The van der Waals surface area contributed by atoms with E-state index in [9.17, 15) is 0 Å². The number of ether oxygens (including phenoxy) is 1. The molecule has 2 aliphatic rings. The van der Waals surface area contributed by atoms with Crippen LogP contribution in [0.3, 0.4) is 0 Å². The fourth-order valence-electron chi connectivity index (χ4n) is 2.35. The predicted octanol–water partition coefficient (Wildman–Crippen LogP) is 4.15. The van der Waals surface area contributed by atoms with Gasteiger partial charge in [0.1, 0.15) is 10.6 Å². The van der Waals surface area contributed by atoms with E-state index in [1.165, 1.54) is 5.56 Å². The fraction of sp³-hybridized carbons (Fsp3) is 0.533. The third-order valence-corrected chi connectivity index (χ3v) is 7.31. The van der Waals surface area contributed by atoms with Crippen LogP contribution in [0, 0.1) is 0 Å². The van der Waals surface area contributed by atoms with Crippen molar-refractivity contribution in [1.82, 2.24) is 0 Å². The number of hydrogen-bond donors (Lipinski definition) is 0. The number of aliphatic imine (C=N–C) groups is 1. The highest BCUT2D eigenvalue weighted by molar-refractivity contribution is 8.26. The Morgan fingerprint density at radius 3 is 2.42 bits per heavy atom. The minimum atomic E-state index is -0.267. The summed E-state index contributed by atoms with van der Waals surface area (Å²) in [5.74, 6) is 0. The van der Waals surface area contributed by atoms with E-state index < -0.39 is 0 Å². The highest BCUT2D eigenvalue weighted by Crippen LogP contribution is 2.60. The van der Waals surface area contributed by atoms with Crippen molar-refractivity contribution in [2.24, 2.45) is 4.99 Å². The van der Waals surface area contributed by atoms with E-state index >= 15 is 0 Å². The van der Waals surface area contributed by atoms with Crippen molar-refractivity contribution < 1.29 is 4.74 Å². The van der Waals surface area contributed by atoms with Crippen molar-refractivity contribution in [2.45, 2.75) is 48.9 Å². The van der Waals surface area contributed by atoms with Crippen LogP contribution in [0.4, 0.5) is 0 Å². The maximum absolute atomic E-state index is 6.30. The summed E-state index contributed by atoms with van der Waals surface area (Å²) in [5.41, 5.74) is 0.987. The average Bonchev–Trinajstić information content (AvgIpc) is 2.79. The van der Waals surface area contributed by atoms with E-state index in [1.54, 1.807) is 11.8 Å². The van der Waals surface area contributed by atoms with Crippen molar-refractivity contribution in [2.75, 3.05) is 0 Å². The molecule has 3 rings (SSSR count). The normalized spacial score (nSPS) is 36.7. The molecular weight excluding hydrogens is 274 g/mol. The molecule has 0 bridgehead atoms. The van der Waals surface area contributed by atoms with Gasteiger partial charge in [0, 0.05) is 10.8 Å². The molecule has 1 fully saturated rings. The SMILES string of the molecule is C[C@@H]1O[C@@]2(SC(c3ccccc3)=NC2(C)C)S[C@H]1C. The lowest BCUT2D eigenvalue weighted by molar-refractivity contribution is 0.0177. The van der Waals surface area contributed by atoms with Crippen LogP contribution < -0.4 is 0 Å². The van der Waals surface area contributed by atoms with Crippen molar-refractivity contribution >= 4 is 28.6 Å². The van der Waals surface area contributed by atoms with Crippen LogP contribution in [0.5, 0.6) is 0 Å². The standard InChI is InChI=1S/C15H19NOS2/c1-10-11(2)18-15(17-10)14(3,4)16-13(19-15)12-8-6-5-7-9-12/h5-11H,1-4H3/t10-,11-,15+/m0/s1. The summed E-state index contributed by atoms with van der Waals surface area (Å²) in [6.45, 7) is 8.74. The molecule has 19 heavy (non-hydrogen) atoms. The van der Waals surface area contributed by atoms with Gasteiger partial charge in [-0.2, -0.15) is 0 Å². The molecule has 0 aromatic heterocycles. The van der Waals surface area contributed by atoms with E-state index in [-0.39, 0.29) is 15.9 Å². The number of hydrogen-bond acceptors (Lipinski definition) is 4. The largest absolute Gasteiger partial charge is 0.348 e. The van der Waals surface area contributed by atoms with Crippen molar-refractivity contribution in [3.8, 4) is 0 Å². The molecule has 0 radical (unpaired) electrons. The van der Waals surface area contributed by atoms with Gasteiger partial charge in [-0.3, -0.25) is 4.99 Å². The van der Waals surface area contributed by atoms with E-state index in [1.807, 2.05) is 17.8 Å². The van der Waals surface area contributed by atoms with Gasteiger partial charge >= 0.3 is 0 Å². The van der Waals surface area contributed by atoms with Gasteiger partial charge in [0.15, 0.2) is 4.27 Å². The van der Waals surface area contributed by atoms with Crippen molar-refractivity contribution in [3.63, 3.8) is 0 Å². The second kappa shape index (κ2) is 4.54. The Kier molecular flexibility index (Phi) is 3.23. The average molecular weight is 293 g/mol. The summed E-state index contributed by atoms with van der Waals surface area (Å²) >= 11 is 3.69. The van der Waals surface area contributed by atoms with Gasteiger partial charge in [-0.25, -0.2) is 0 Å². The molecule has 1 aromatic rings. The van der Waals surface area contributed by atoms with E-state index in [2.05, 4.69) is 52.0 Å². The Morgan fingerprint density at radius 1 is 1.16 bits per heavy atom. The van der Waals surface area contributed by atoms with Crippen LogP contribution in [0.1, 0.15) is 33.3 Å².